The highest BCUT2D eigenvalue weighted by Gasteiger charge is 2.14. The van der Waals surface area contributed by atoms with E-state index in [0.717, 1.165) is 0 Å². The average Bonchev–Trinajstić information content (AvgIpc) is 2.85. The Morgan fingerprint density at radius 3 is 2.67 bits per heavy atom. The van der Waals surface area contributed by atoms with Gasteiger partial charge in [0.2, 0.25) is 0 Å². The summed E-state index contributed by atoms with van der Waals surface area (Å²) < 4.78 is 15.0. The summed E-state index contributed by atoms with van der Waals surface area (Å²) in [5.74, 6) is 0.180. The number of imidazole rings is 1. The Morgan fingerprint density at radius 2 is 1.95 bits per heavy atom. The van der Waals surface area contributed by atoms with E-state index in [1.165, 1.54) is 12.1 Å². The summed E-state index contributed by atoms with van der Waals surface area (Å²) in [5, 5.41) is 0. The van der Waals surface area contributed by atoms with Crippen LogP contribution in [0.4, 0.5) is 4.39 Å². The van der Waals surface area contributed by atoms with Crippen LogP contribution in [0.2, 0.25) is 0 Å². The van der Waals surface area contributed by atoms with Crippen molar-refractivity contribution >= 4 is 16.8 Å². The maximum absolute atomic E-state index is 13.3. The van der Waals surface area contributed by atoms with Gasteiger partial charge in [-0.15, -0.1) is 0 Å². The number of benzene rings is 2. The monoisotopic (exact) mass is 283 g/mol. The molecule has 1 aromatic heterocycles. The fourth-order valence-corrected chi connectivity index (χ4v) is 2.34. The summed E-state index contributed by atoms with van der Waals surface area (Å²) in [6.45, 7) is 0.330. The zero-order valence-electron chi connectivity index (χ0n) is 11.3. The molecule has 0 radical (unpaired) electrons. The lowest BCUT2D eigenvalue weighted by Crippen LogP contribution is -2.15. The van der Waals surface area contributed by atoms with Crippen molar-refractivity contribution in [1.82, 2.24) is 9.55 Å². The molecule has 106 valence electrons. The highest BCUT2D eigenvalue weighted by Crippen LogP contribution is 2.18. The van der Waals surface area contributed by atoms with Crippen LogP contribution < -0.4 is 5.73 Å². The van der Waals surface area contributed by atoms with E-state index in [2.05, 4.69) is 4.98 Å². The van der Waals surface area contributed by atoms with E-state index >= 15 is 0 Å². The molecule has 0 atom stereocenters. The third-order valence-corrected chi connectivity index (χ3v) is 3.37. The van der Waals surface area contributed by atoms with E-state index in [1.807, 2.05) is 18.2 Å². The Hall–Kier alpha value is -2.53. The van der Waals surface area contributed by atoms with Gasteiger partial charge in [0.15, 0.2) is 5.78 Å². The predicted octanol–water partition coefficient (Wildman–Crippen LogP) is 2.52. The minimum absolute atomic E-state index is 0.0334. The Bertz CT molecular complexity index is 796. The van der Waals surface area contributed by atoms with Crippen LogP contribution in [0.5, 0.6) is 0 Å². The highest BCUT2D eigenvalue weighted by molar-refractivity contribution is 5.96. The quantitative estimate of drug-likeness (QED) is 0.748. The Labute approximate surface area is 121 Å². The second-order valence-electron chi connectivity index (χ2n) is 4.74. The van der Waals surface area contributed by atoms with Crippen molar-refractivity contribution in [1.29, 1.82) is 0 Å². The highest BCUT2D eigenvalue weighted by atomic mass is 19.1. The standard InChI is InChI=1S/C16H14FN3O/c17-12-6-7-14-13(8-12)19-16(9-18)20(14)10-15(21)11-4-2-1-3-5-11/h1-8H,9-10,18H2. The number of aromatic nitrogens is 2. The molecule has 0 aliphatic rings. The van der Waals surface area contributed by atoms with Crippen LogP contribution in [-0.4, -0.2) is 15.3 Å². The normalized spacial score (nSPS) is 11.0. The molecular weight excluding hydrogens is 269 g/mol. The Balaban J connectivity index is 2.02. The van der Waals surface area contributed by atoms with Gasteiger partial charge in [0, 0.05) is 11.6 Å². The Kier molecular flexibility index (Phi) is 3.50. The molecule has 4 nitrogen and oxygen atoms in total. The minimum Gasteiger partial charge on any atom is -0.324 e. The van der Waals surface area contributed by atoms with Crippen molar-refractivity contribution in [2.45, 2.75) is 13.1 Å². The summed E-state index contributed by atoms with van der Waals surface area (Å²) in [6, 6.07) is 13.3. The van der Waals surface area contributed by atoms with E-state index in [0.29, 0.717) is 22.4 Å². The van der Waals surface area contributed by atoms with Gasteiger partial charge in [-0.2, -0.15) is 0 Å². The number of hydrogen-bond acceptors (Lipinski definition) is 3. The van der Waals surface area contributed by atoms with Crippen LogP contribution >= 0.6 is 0 Å². The first-order chi connectivity index (χ1) is 10.2. The van der Waals surface area contributed by atoms with Crippen molar-refractivity contribution < 1.29 is 9.18 Å². The molecule has 0 unspecified atom stereocenters. The molecule has 0 saturated carbocycles. The largest absolute Gasteiger partial charge is 0.324 e. The van der Waals surface area contributed by atoms with Gasteiger partial charge >= 0.3 is 0 Å². The van der Waals surface area contributed by atoms with Gasteiger partial charge in [-0.05, 0) is 12.1 Å². The first-order valence-electron chi connectivity index (χ1n) is 6.62. The first kappa shape index (κ1) is 13.5. The molecule has 2 aromatic carbocycles. The third kappa shape index (κ3) is 2.55. The molecular formula is C16H14FN3O. The average molecular weight is 283 g/mol. The maximum Gasteiger partial charge on any atom is 0.182 e. The molecule has 0 aliphatic heterocycles. The van der Waals surface area contributed by atoms with Crippen LogP contribution in [0.25, 0.3) is 11.0 Å². The molecule has 3 aromatic rings. The summed E-state index contributed by atoms with van der Waals surface area (Å²) in [5.41, 5.74) is 7.53. The molecule has 5 heteroatoms. The fraction of sp³-hybridized carbons (Fsp3) is 0.125. The van der Waals surface area contributed by atoms with Crippen LogP contribution in [0.3, 0.4) is 0 Å². The number of fused-ring (bicyclic) bond motifs is 1. The van der Waals surface area contributed by atoms with Gasteiger partial charge in [-0.3, -0.25) is 4.79 Å². The van der Waals surface area contributed by atoms with Gasteiger partial charge < -0.3 is 10.3 Å². The van der Waals surface area contributed by atoms with E-state index < -0.39 is 0 Å². The molecule has 0 spiro atoms. The van der Waals surface area contributed by atoms with E-state index in [-0.39, 0.29) is 24.7 Å². The van der Waals surface area contributed by atoms with E-state index in [9.17, 15) is 9.18 Å². The number of ketones is 1. The first-order valence-corrected chi connectivity index (χ1v) is 6.62. The number of rotatable bonds is 4. The van der Waals surface area contributed by atoms with Gasteiger partial charge in [0.1, 0.15) is 11.6 Å². The second kappa shape index (κ2) is 5.46. The van der Waals surface area contributed by atoms with Crippen LogP contribution in [0.15, 0.2) is 48.5 Å². The van der Waals surface area contributed by atoms with Gasteiger partial charge in [0.05, 0.1) is 24.1 Å². The lowest BCUT2D eigenvalue weighted by atomic mass is 10.1. The Morgan fingerprint density at radius 1 is 1.19 bits per heavy atom. The number of halogens is 1. The van der Waals surface area contributed by atoms with Crippen molar-refractivity contribution in [3.05, 3.63) is 65.7 Å². The predicted molar refractivity (Wildman–Crippen MR) is 78.4 cm³/mol. The zero-order valence-corrected chi connectivity index (χ0v) is 11.3. The fourth-order valence-electron chi connectivity index (χ4n) is 2.34. The van der Waals surface area contributed by atoms with Crippen LogP contribution in [-0.2, 0) is 13.1 Å². The number of hydrogen-bond donors (Lipinski definition) is 1. The lowest BCUT2D eigenvalue weighted by Gasteiger charge is -2.07. The summed E-state index contributed by atoms with van der Waals surface area (Å²) in [7, 11) is 0. The molecule has 0 amide bonds. The number of carbonyl (C=O) groups is 1. The van der Waals surface area contributed by atoms with Crippen LogP contribution in [0.1, 0.15) is 16.2 Å². The molecule has 0 bridgehead atoms. The number of Topliss-reactive ketones (excluding diaryl/α,β-unsaturated/α-hetero) is 1. The molecule has 0 aliphatic carbocycles. The van der Waals surface area contributed by atoms with E-state index in [4.69, 9.17) is 5.73 Å². The number of nitrogens with two attached hydrogens (primary N) is 1. The number of nitrogens with zero attached hydrogens (tertiary/aromatic N) is 2. The summed E-state index contributed by atoms with van der Waals surface area (Å²) in [4.78, 5) is 16.6. The van der Waals surface area contributed by atoms with E-state index in [1.54, 1.807) is 22.8 Å². The minimum atomic E-state index is -0.356. The molecule has 2 N–H and O–H groups in total. The van der Waals surface area contributed by atoms with Crippen molar-refractivity contribution in [3.8, 4) is 0 Å². The second-order valence-corrected chi connectivity index (χ2v) is 4.74. The maximum atomic E-state index is 13.3. The van der Waals surface area contributed by atoms with Gasteiger partial charge in [-0.1, -0.05) is 30.3 Å². The summed E-state index contributed by atoms with van der Waals surface area (Å²) in [6.07, 6.45) is 0. The van der Waals surface area contributed by atoms with Gasteiger partial charge in [0.25, 0.3) is 0 Å². The molecule has 0 saturated heterocycles. The van der Waals surface area contributed by atoms with Crippen LogP contribution in [0, 0.1) is 5.82 Å². The summed E-state index contributed by atoms with van der Waals surface area (Å²) >= 11 is 0. The molecule has 0 fully saturated rings. The van der Waals surface area contributed by atoms with Crippen molar-refractivity contribution in [3.63, 3.8) is 0 Å². The van der Waals surface area contributed by atoms with Gasteiger partial charge in [-0.25, -0.2) is 9.37 Å². The third-order valence-electron chi connectivity index (χ3n) is 3.37. The smallest absolute Gasteiger partial charge is 0.182 e. The molecule has 3 rings (SSSR count). The number of carbonyl (C=O) groups excluding carboxylic acids is 1. The molecule has 1 heterocycles. The lowest BCUT2D eigenvalue weighted by molar-refractivity contribution is 0.0972. The van der Waals surface area contributed by atoms with Crippen molar-refractivity contribution in [2.75, 3.05) is 0 Å². The zero-order chi connectivity index (χ0) is 14.8. The topological polar surface area (TPSA) is 60.9 Å². The SMILES string of the molecule is NCc1nc2cc(F)ccc2n1CC(=O)c1ccccc1. The van der Waals surface area contributed by atoms with Crippen molar-refractivity contribution in [2.24, 2.45) is 5.73 Å². The molecule has 21 heavy (non-hydrogen) atoms.